The van der Waals surface area contributed by atoms with Crippen molar-refractivity contribution in [2.45, 2.75) is 38.6 Å². The van der Waals surface area contributed by atoms with E-state index in [9.17, 15) is 9.18 Å². The number of benzene rings is 1. The summed E-state index contributed by atoms with van der Waals surface area (Å²) in [5.41, 5.74) is 2.55. The first-order valence-electron chi connectivity index (χ1n) is 10.4. The van der Waals surface area contributed by atoms with Gasteiger partial charge in [-0.2, -0.15) is 0 Å². The summed E-state index contributed by atoms with van der Waals surface area (Å²) in [5.74, 6) is -0.486. The van der Waals surface area contributed by atoms with Gasteiger partial charge in [0.25, 0.3) is 5.91 Å². The molecule has 0 bridgehead atoms. The minimum Gasteiger partial charge on any atom is -0.334 e. The number of halogens is 1. The minimum atomic E-state index is -0.448. The van der Waals surface area contributed by atoms with Gasteiger partial charge in [-0.1, -0.05) is 30.3 Å². The highest BCUT2D eigenvalue weighted by atomic mass is 32.1. The average Bonchev–Trinajstić information content (AvgIpc) is 3.38. The van der Waals surface area contributed by atoms with E-state index < -0.39 is 5.82 Å². The van der Waals surface area contributed by atoms with E-state index in [0.29, 0.717) is 18.7 Å². The van der Waals surface area contributed by atoms with Gasteiger partial charge in [0.1, 0.15) is 12.0 Å². The number of piperidine rings is 1. The second-order valence-electron chi connectivity index (χ2n) is 7.83. The normalized spacial score (nSPS) is 16.7. The molecule has 3 aromatic heterocycles. The summed E-state index contributed by atoms with van der Waals surface area (Å²) >= 11 is 1.55. The largest absolute Gasteiger partial charge is 0.334 e. The Morgan fingerprint density at radius 2 is 2.06 bits per heavy atom. The molecule has 1 aromatic carbocycles. The van der Waals surface area contributed by atoms with Crippen LogP contribution in [-0.2, 0) is 6.42 Å². The number of carbonyl (C=O) groups is 1. The van der Waals surface area contributed by atoms with Gasteiger partial charge in [0.2, 0.25) is 0 Å². The molecule has 0 spiro atoms. The molecular formula is C23H22FN5OS. The van der Waals surface area contributed by atoms with E-state index in [1.807, 2.05) is 42.2 Å². The quantitative estimate of drug-likeness (QED) is 0.472. The Morgan fingerprint density at radius 3 is 2.87 bits per heavy atom. The number of aryl methyl sites for hydroxylation is 1. The number of likely N-dealkylation sites (tertiary alicyclic amines) is 1. The Kier molecular flexibility index (Phi) is 5.23. The molecule has 4 aromatic rings. The molecule has 8 heteroatoms. The molecule has 1 aliphatic rings. The number of amides is 1. The second kappa shape index (κ2) is 8.19. The number of imidazole rings is 1. The van der Waals surface area contributed by atoms with Crippen LogP contribution >= 0.6 is 11.3 Å². The zero-order valence-electron chi connectivity index (χ0n) is 17.2. The van der Waals surface area contributed by atoms with Crippen molar-refractivity contribution in [3.05, 3.63) is 71.3 Å². The molecule has 31 heavy (non-hydrogen) atoms. The Balaban J connectivity index is 1.44. The first kappa shape index (κ1) is 19.8. The molecule has 0 radical (unpaired) electrons. The maximum atomic E-state index is 14.0. The monoisotopic (exact) mass is 435 g/mol. The van der Waals surface area contributed by atoms with Crippen LogP contribution in [0, 0.1) is 12.7 Å². The number of carbonyl (C=O) groups excluding carboxylic acids is 1. The fraction of sp³-hybridized carbons (Fsp3) is 0.304. The molecule has 4 heterocycles. The Labute approximate surface area is 183 Å². The highest BCUT2D eigenvalue weighted by Gasteiger charge is 2.31. The number of aromatic nitrogens is 4. The summed E-state index contributed by atoms with van der Waals surface area (Å²) in [6.45, 7) is 2.62. The lowest BCUT2D eigenvalue weighted by Crippen LogP contribution is -2.45. The van der Waals surface area contributed by atoms with E-state index in [2.05, 4.69) is 15.0 Å². The highest BCUT2D eigenvalue weighted by molar-refractivity contribution is 7.15. The summed E-state index contributed by atoms with van der Waals surface area (Å²) in [6.07, 6.45) is 8.00. The zero-order chi connectivity index (χ0) is 21.4. The third-order valence-electron chi connectivity index (χ3n) is 5.68. The molecular weight excluding hydrogens is 413 g/mol. The Morgan fingerprint density at radius 1 is 1.23 bits per heavy atom. The lowest BCUT2D eigenvalue weighted by atomic mass is 9.97. The predicted molar refractivity (Wildman–Crippen MR) is 118 cm³/mol. The summed E-state index contributed by atoms with van der Waals surface area (Å²) in [7, 11) is 0. The predicted octanol–water partition coefficient (Wildman–Crippen LogP) is 4.54. The molecule has 1 saturated heterocycles. The van der Waals surface area contributed by atoms with E-state index in [0.717, 1.165) is 46.6 Å². The third kappa shape index (κ3) is 3.83. The maximum absolute atomic E-state index is 14.0. The van der Waals surface area contributed by atoms with Gasteiger partial charge in [-0.05, 0) is 31.7 Å². The van der Waals surface area contributed by atoms with Crippen molar-refractivity contribution < 1.29 is 9.18 Å². The fourth-order valence-electron chi connectivity index (χ4n) is 4.25. The topological polar surface area (TPSA) is 63.4 Å². The van der Waals surface area contributed by atoms with Gasteiger partial charge in [-0.25, -0.2) is 19.3 Å². The first-order valence-corrected chi connectivity index (χ1v) is 11.2. The molecule has 6 nitrogen and oxygen atoms in total. The molecule has 158 valence electrons. The second-order valence-corrected chi connectivity index (χ2v) is 9.04. The molecule has 1 fully saturated rings. The molecule has 1 atom stereocenters. The molecule has 5 rings (SSSR count). The Bertz CT molecular complexity index is 1240. The smallest absolute Gasteiger partial charge is 0.274 e. The Hall–Kier alpha value is -3.13. The van der Waals surface area contributed by atoms with E-state index in [-0.39, 0.29) is 17.6 Å². The SMILES string of the molecule is Cc1nc(C(=O)N2CCCC[C@H]2Cc2cn3cncc(F)c3n2)c(-c2ccccc2)s1. The van der Waals surface area contributed by atoms with E-state index in [1.165, 1.54) is 0 Å². The van der Waals surface area contributed by atoms with Crippen LogP contribution in [0.15, 0.2) is 49.1 Å². The zero-order valence-corrected chi connectivity index (χ0v) is 18.0. The van der Waals surface area contributed by atoms with Gasteiger partial charge >= 0.3 is 0 Å². The van der Waals surface area contributed by atoms with Crippen molar-refractivity contribution in [1.82, 2.24) is 24.3 Å². The van der Waals surface area contributed by atoms with Gasteiger partial charge in [0.15, 0.2) is 11.5 Å². The lowest BCUT2D eigenvalue weighted by molar-refractivity contribution is 0.0608. The molecule has 0 N–H and O–H groups in total. The summed E-state index contributed by atoms with van der Waals surface area (Å²) in [6, 6.07) is 9.94. The van der Waals surface area contributed by atoms with Crippen LogP contribution < -0.4 is 0 Å². The lowest BCUT2D eigenvalue weighted by Gasteiger charge is -2.35. The van der Waals surface area contributed by atoms with Gasteiger partial charge in [-0.15, -0.1) is 11.3 Å². The number of thiazole rings is 1. The van der Waals surface area contributed by atoms with Gasteiger partial charge < -0.3 is 4.90 Å². The van der Waals surface area contributed by atoms with Crippen LogP contribution in [-0.4, -0.2) is 42.7 Å². The van der Waals surface area contributed by atoms with Crippen LogP contribution in [0.5, 0.6) is 0 Å². The number of fused-ring (bicyclic) bond motifs is 1. The molecule has 1 aliphatic heterocycles. The van der Waals surface area contributed by atoms with Crippen LogP contribution in [0.2, 0.25) is 0 Å². The van der Waals surface area contributed by atoms with E-state index in [4.69, 9.17) is 0 Å². The number of hydrogen-bond acceptors (Lipinski definition) is 5. The van der Waals surface area contributed by atoms with Crippen LogP contribution in [0.4, 0.5) is 4.39 Å². The number of nitrogens with zero attached hydrogens (tertiary/aromatic N) is 5. The van der Waals surface area contributed by atoms with Crippen molar-refractivity contribution in [2.24, 2.45) is 0 Å². The molecule has 0 saturated carbocycles. The third-order valence-corrected chi connectivity index (χ3v) is 6.70. The van der Waals surface area contributed by atoms with Crippen LogP contribution in [0.3, 0.4) is 0 Å². The molecule has 0 unspecified atom stereocenters. The van der Waals surface area contributed by atoms with Crippen LogP contribution in [0.25, 0.3) is 16.1 Å². The number of rotatable bonds is 4. The van der Waals surface area contributed by atoms with Crippen molar-refractivity contribution in [3.8, 4) is 10.4 Å². The summed E-state index contributed by atoms with van der Waals surface area (Å²) < 4.78 is 15.6. The minimum absolute atomic E-state index is 0.00723. The van der Waals surface area contributed by atoms with Crippen molar-refractivity contribution in [3.63, 3.8) is 0 Å². The van der Waals surface area contributed by atoms with Gasteiger partial charge in [0.05, 0.1) is 21.8 Å². The molecule has 0 aliphatic carbocycles. The van der Waals surface area contributed by atoms with Crippen molar-refractivity contribution in [1.29, 1.82) is 0 Å². The van der Waals surface area contributed by atoms with E-state index in [1.54, 1.807) is 28.3 Å². The fourth-order valence-corrected chi connectivity index (χ4v) is 5.17. The first-order chi connectivity index (χ1) is 15.1. The average molecular weight is 436 g/mol. The number of hydrogen-bond donors (Lipinski definition) is 0. The maximum Gasteiger partial charge on any atom is 0.274 e. The van der Waals surface area contributed by atoms with Gasteiger partial charge in [-0.3, -0.25) is 9.20 Å². The summed E-state index contributed by atoms with van der Waals surface area (Å²) in [5, 5.41) is 0.874. The highest BCUT2D eigenvalue weighted by Crippen LogP contribution is 2.32. The summed E-state index contributed by atoms with van der Waals surface area (Å²) in [4.78, 5) is 29.4. The van der Waals surface area contributed by atoms with Crippen molar-refractivity contribution >= 4 is 22.9 Å². The van der Waals surface area contributed by atoms with Crippen LogP contribution in [0.1, 0.15) is 40.5 Å². The standard InChI is InChI=1S/C23H22FN5OS/c1-15-26-20(21(31-15)16-7-3-2-4-8-16)23(30)29-10-6-5-9-18(29)11-17-13-28-14-25-12-19(24)22(28)27-17/h2-4,7-8,12-14,18H,5-6,9-11H2,1H3/t18-/m0/s1. The van der Waals surface area contributed by atoms with Crippen molar-refractivity contribution in [2.75, 3.05) is 6.54 Å². The van der Waals surface area contributed by atoms with E-state index >= 15 is 0 Å². The molecule has 1 amide bonds. The van der Waals surface area contributed by atoms with Gasteiger partial charge in [0, 0.05) is 25.2 Å².